The molecule has 32 heavy (non-hydrogen) atoms. The molecule has 0 saturated carbocycles. The van der Waals surface area contributed by atoms with Gasteiger partial charge in [0.25, 0.3) is 0 Å². The monoisotopic (exact) mass is 447 g/mol. The number of anilines is 2. The summed E-state index contributed by atoms with van der Waals surface area (Å²) in [6.45, 7) is 6.13. The van der Waals surface area contributed by atoms with E-state index in [0.29, 0.717) is 36.0 Å². The number of alkyl halides is 3. The smallest absolute Gasteiger partial charge is 0.417 e. The molecule has 1 fully saturated rings. The number of nitriles is 1. The molecule has 1 aliphatic rings. The molecule has 170 valence electrons. The highest BCUT2D eigenvalue weighted by Crippen LogP contribution is 2.35. The van der Waals surface area contributed by atoms with Crippen LogP contribution in [0.25, 0.3) is 0 Å². The molecule has 3 rings (SSSR count). The van der Waals surface area contributed by atoms with Crippen LogP contribution in [-0.2, 0) is 6.18 Å². The lowest BCUT2D eigenvalue weighted by Gasteiger charge is -2.45. The van der Waals surface area contributed by atoms with E-state index in [2.05, 4.69) is 10.3 Å². The molecule has 1 aromatic carbocycles. The average Bonchev–Trinajstić information content (AvgIpc) is 2.73. The van der Waals surface area contributed by atoms with Crippen molar-refractivity contribution in [1.82, 2.24) is 9.88 Å². The maximum Gasteiger partial charge on any atom is 0.417 e. The lowest BCUT2D eigenvalue weighted by molar-refractivity contribution is -0.137. The first-order chi connectivity index (χ1) is 15.0. The van der Waals surface area contributed by atoms with Crippen LogP contribution in [0.15, 0.2) is 30.3 Å². The van der Waals surface area contributed by atoms with Gasteiger partial charge in [-0.3, -0.25) is 0 Å². The molecule has 0 spiro atoms. The number of halogens is 3. The maximum atomic E-state index is 13.4. The fourth-order valence-corrected chi connectivity index (χ4v) is 3.82. The van der Waals surface area contributed by atoms with E-state index < -0.39 is 17.3 Å². The van der Waals surface area contributed by atoms with Gasteiger partial charge in [0.05, 0.1) is 24.3 Å². The number of methoxy groups -OCH3 is 1. The minimum Gasteiger partial charge on any atom is -0.481 e. The highest BCUT2D eigenvalue weighted by atomic mass is 19.4. The van der Waals surface area contributed by atoms with Crippen molar-refractivity contribution in [3.8, 4) is 11.9 Å². The van der Waals surface area contributed by atoms with Crippen molar-refractivity contribution >= 4 is 17.4 Å². The third-order valence-electron chi connectivity index (χ3n) is 5.40. The largest absolute Gasteiger partial charge is 0.481 e. The van der Waals surface area contributed by atoms with Crippen LogP contribution in [-0.4, -0.2) is 48.2 Å². The van der Waals surface area contributed by atoms with Crippen molar-refractivity contribution in [2.45, 2.75) is 39.0 Å². The summed E-state index contributed by atoms with van der Waals surface area (Å²) >= 11 is 0. The minimum atomic E-state index is -4.62. The topological polar surface area (TPSA) is 81.5 Å². The number of carbonyl (C=O) groups excluding carboxylic acids is 1. The van der Waals surface area contributed by atoms with Crippen LogP contribution in [0.4, 0.5) is 29.3 Å². The molecular formula is C22H24F3N5O2. The SMILES string of the molecule is COc1cc(NC(=O)N2C[C@H](C)N(c3ccc(C#N)c(C(F)(F)F)c3)C[C@H]2C)cc(C)n1. The Kier molecular flexibility index (Phi) is 6.48. The summed E-state index contributed by atoms with van der Waals surface area (Å²) in [7, 11) is 1.49. The first kappa shape index (κ1) is 23.2. The molecule has 1 N–H and O–H groups in total. The summed E-state index contributed by atoms with van der Waals surface area (Å²) in [5, 5.41) is 11.9. The number of nitrogens with zero attached hydrogens (tertiary/aromatic N) is 4. The second-order valence-corrected chi connectivity index (χ2v) is 7.81. The molecule has 2 amide bonds. The Hall–Kier alpha value is -3.48. The number of piperazine rings is 1. The Labute approximate surface area is 184 Å². The number of rotatable bonds is 3. The lowest BCUT2D eigenvalue weighted by Crippen LogP contribution is -2.59. The number of urea groups is 1. The number of amides is 2. The Bertz CT molecular complexity index is 1050. The standard InChI is InChI=1S/C22H24F3N5O2/c1-13-7-17(8-20(27-13)32-4)28-21(31)30-12-14(2)29(11-15(30)3)18-6-5-16(10-26)19(9-18)22(23,24)25/h5-9,14-15H,11-12H2,1-4H3,(H,27,28,31)/t14-,15+/m0/s1. The molecule has 7 nitrogen and oxygen atoms in total. The van der Waals surface area contributed by atoms with Gasteiger partial charge in [0.1, 0.15) is 0 Å². The predicted octanol–water partition coefficient (Wildman–Crippen LogP) is 4.42. The van der Waals surface area contributed by atoms with Crippen LogP contribution in [0, 0.1) is 18.3 Å². The summed E-state index contributed by atoms with van der Waals surface area (Å²) in [6, 6.07) is 7.83. The van der Waals surface area contributed by atoms with Gasteiger partial charge in [-0.25, -0.2) is 9.78 Å². The van der Waals surface area contributed by atoms with Crippen molar-refractivity contribution in [3.05, 3.63) is 47.2 Å². The van der Waals surface area contributed by atoms with Crippen LogP contribution in [0.2, 0.25) is 0 Å². The zero-order valence-electron chi connectivity index (χ0n) is 18.2. The normalized spacial score (nSPS) is 18.8. The van der Waals surface area contributed by atoms with Crippen molar-refractivity contribution in [1.29, 1.82) is 5.26 Å². The Balaban J connectivity index is 1.78. The summed E-state index contributed by atoms with van der Waals surface area (Å²) in [4.78, 5) is 20.6. The van der Waals surface area contributed by atoms with Crippen LogP contribution in [0.5, 0.6) is 5.88 Å². The van der Waals surface area contributed by atoms with Gasteiger partial charge in [-0.2, -0.15) is 18.4 Å². The molecule has 0 aliphatic carbocycles. The first-order valence-electron chi connectivity index (χ1n) is 10.0. The number of aryl methyl sites for hydroxylation is 1. The first-order valence-corrected chi connectivity index (χ1v) is 10.0. The third kappa shape index (κ3) is 4.88. The maximum absolute atomic E-state index is 13.4. The lowest BCUT2D eigenvalue weighted by atomic mass is 10.0. The van der Waals surface area contributed by atoms with E-state index in [-0.39, 0.29) is 18.1 Å². The summed E-state index contributed by atoms with van der Waals surface area (Å²) in [5.74, 6) is 0.382. The number of nitrogens with one attached hydrogen (secondary N) is 1. The number of hydrogen-bond acceptors (Lipinski definition) is 5. The number of benzene rings is 1. The van der Waals surface area contributed by atoms with Gasteiger partial charge < -0.3 is 19.9 Å². The average molecular weight is 447 g/mol. The zero-order valence-corrected chi connectivity index (χ0v) is 18.2. The molecule has 0 unspecified atom stereocenters. The van der Waals surface area contributed by atoms with Gasteiger partial charge in [0.15, 0.2) is 0 Å². The van der Waals surface area contributed by atoms with Gasteiger partial charge in [-0.1, -0.05) is 0 Å². The number of aromatic nitrogens is 1. The van der Waals surface area contributed by atoms with Crippen molar-refractivity contribution in [2.24, 2.45) is 0 Å². The predicted molar refractivity (Wildman–Crippen MR) is 114 cm³/mol. The second kappa shape index (κ2) is 8.94. The molecule has 1 aliphatic heterocycles. The highest BCUT2D eigenvalue weighted by Gasteiger charge is 2.36. The van der Waals surface area contributed by atoms with Gasteiger partial charge >= 0.3 is 12.2 Å². The molecule has 1 saturated heterocycles. The summed E-state index contributed by atoms with van der Waals surface area (Å²) in [5.41, 5.74) is 0.225. The fraction of sp³-hybridized carbons (Fsp3) is 0.409. The zero-order chi connectivity index (χ0) is 23.6. The number of ether oxygens (including phenoxy) is 1. The van der Waals surface area contributed by atoms with Gasteiger partial charge in [0, 0.05) is 48.3 Å². The number of hydrogen-bond donors (Lipinski definition) is 1. The number of carbonyl (C=O) groups is 1. The molecular weight excluding hydrogens is 423 g/mol. The molecule has 0 radical (unpaired) electrons. The molecule has 10 heteroatoms. The van der Waals surface area contributed by atoms with Gasteiger partial charge in [-0.15, -0.1) is 0 Å². The molecule has 2 atom stereocenters. The van der Waals surface area contributed by atoms with Gasteiger partial charge in [-0.05, 0) is 45.0 Å². The van der Waals surface area contributed by atoms with E-state index in [9.17, 15) is 18.0 Å². The number of pyridine rings is 1. The quantitative estimate of drug-likeness (QED) is 0.753. The van der Waals surface area contributed by atoms with Crippen LogP contribution >= 0.6 is 0 Å². The van der Waals surface area contributed by atoms with Gasteiger partial charge in [0.2, 0.25) is 5.88 Å². The Morgan fingerprint density at radius 1 is 1.22 bits per heavy atom. The molecule has 0 bridgehead atoms. The molecule has 1 aromatic heterocycles. The van der Waals surface area contributed by atoms with Crippen molar-refractivity contribution < 1.29 is 22.7 Å². The third-order valence-corrected chi connectivity index (χ3v) is 5.40. The van der Waals surface area contributed by atoms with Crippen molar-refractivity contribution in [3.63, 3.8) is 0 Å². The van der Waals surface area contributed by atoms with Crippen LogP contribution < -0.4 is 15.0 Å². The minimum absolute atomic E-state index is 0.236. The van der Waals surface area contributed by atoms with E-state index in [1.54, 1.807) is 30.0 Å². The Morgan fingerprint density at radius 2 is 1.94 bits per heavy atom. The van der Waals surface area contributed by atoms with E-state index in [1.165, 1.54) is 19.2 Å². The summed E-state index contributed by atoms with van der Waals surface area (Å²) < 4.78 is 45.2. The van der Waals surface area contributed by atoms with E-state index in [1.807, 2.05) is 18.7 Å². The Morgan fingerprint density at radius 3 is 2.56 bits per heavy atom. The highest BCUT2D eigenvalue weighted by molar-refractivity contribution is 5.90. The van der Waals surface area contributed by atoms with E-state index in [4.69, 9.17) is 10.00 Å². The molecule has 2 aromatic rings. The van der Waals surface area contributed by atoms with E-state index >= 15 is 0 Å². The van der Waals surface area contributed by atoms with Crippen LogP contribution in [0.1, 0.15) is 30.7 Å². The summed E-state index contributed by atoms with van der Waals surface area (Å²) in [6.07, 6.45) is -4.62. The second-order valence-electron chi connectivity index (χ2n) is 7.81. The fourth-order valence-electron chi connectivity index (χ4n) is 3.82. The van der Waals surface area contributed by atoms with Crippen LogP contribution in [0.3, 0.4) is 0 Å². The van der Waals surface area contributed by atoms with Crippen molar-refractivity contribution in [2.75, 3.05) is 30.4 Å². The molecule has 2 heterocycles. The van der Waals surface area contributed by atoms with E-state index in [0.717, 1.165) is 6.07 Å².